The summed E-state index contributed by atoms with van der Waals surface area (Å²) in [5.41, 5.74) is 2.96. The van der Waals surface area contributed by atoms with Crippen LogP contribution in [-0.4, -0.2) is 56.1 Å². The highest BCUT2D eigenvalue weighted by Gasteiger charge is 2.19. The minimum Gasteiger partial charge on any atom is -0.378 e. The van der Waals surface area contributed by atoms with E-state index in [2.05, 4.69) is 10.2 Å². The van der Waals surface area contributed by atoms with Crippen LogP contribution in [0.2, 0.25) is 0 Å². The normalized spacial score (nSPS) is 17.1. The zero-order chi connectivity index (χ0) is 20.1. The van der Waals surface area contributed by atoms with Crippen LogP contribution in [0.15, 0.2) is 48.5 Å². The van der Waals surface area contributed by atoms with E-state index >= 15 is 0 Å². The van der Waals surface area contributed by atoms with E-state index < -0.39 is 0 Å². The van der Waals surface area contributed by atoms with Crippen molar-refractivity contribution < 1.29 is 14.3 Å². The molecule has 2 heterocycles. The van der Waals surface area contributed by atoms with E-state index in [1.54, 1.807) is 24.3 Å². The zero-order valence-corrected chi connectivity index (χ0v) is 16.6. The average Bonchev–Trinajstić information content (AvgIpc) is 2.80. The smallest absolute Gasteiger partial charge is 0.255 e. The number of ether oxygens (including phenoxy) is 1. The highest BCUT2D eigenvalue weighted by molar-refractivity contribution is 6.06. The number of carbonyl (C=O) groups excluding carboxylic acids is 2. The Kier molecular flexibility index (Phi) is 6.10. The van der Waals surface area contributed by atoms with Gasteiger partial charge in [0.05, 0.1) is 24.6 Å². The first-order valence-electron chi connectivity index (χ1n) is 10.3. The second-order valence-corrected chi connectivity index (χ2v) is 7.50. The van der Waals surface area contributed by atoms with Gasteiger partial charge in [-0.15, -0.1) is 0 Å². The lowest BCUT2D eigenvalue weighted by Gasteiger charge is -2.30. The van der Waals surface area contributed by atoms with Crippen molar-refractivity contribution in [1.29, 1.82) is 0 Å². The van der Waals surface area contributed by atoms with Gasteiger partial charge in [-0.3, -0.25) is 9.59 Å². The summed E-state index contributed by atoms with van der Waals surface area (Å²) in [5, 5.41) is 3.02. The van der Waals surface area contributed by atoms with Gasteiger partial charge >= 0.3 is 0 Å². The van der Waals surface area contributed by atoms with Crippen molar-refractivity contribution in [1.82, 2.24) is 4.90 Å². The SMILES string of the molecule is O=C(Nc1ccccc1N1CCOCC1)c1ccc(C(=O)N2CCCCC2)cc1. The predicted octanol–water partition coefficient (Wildman–Crippen LogP) is 3.40. The van der Waals surface area contributed by atoms with Crippen LogP contribution < -0.4 is 10.2 Å². The highest BCUT2D eigenvalue weighted by Crippen LogP contribution is 2.27. The largest absolute Gasteiger partial charge is 0.378 e. The molecule has 29 heavy (non-hydrogen) atoms. The van der Waals surface area contributed by atoms with Crippen molar-refractivity contribution in [3.8, 4) is 0 Å². The van der Waals surface area contributed by atoms with E-state index in [9.17, 15) is 9.59 Å². The number of amides is 2. The highest BCUT2D eigenvalue weighted by atomic mass is 16.5. The molecule has 0 aliphatic carbocycles. The molecule has 0 unspecified atom stereocenters. The molecule has 0 aromatic heterocycles. The fourth-order valence-electron chi connectivity index (χ4n) is 3.90. The van der Waals surface area contributed by atoms with Crippen molar-refractivity contribution in [2.24, 2.45) is 0 Å². The maximum absolute atomic E-state index is 12.8. The lowest BCUT2D eigenvalue weighted by molar-refractivity contribution is 0.0724. The lowest BCUT2D eigenvalue weighted by atomic mass is 10.1. The number of rotatable bonds is 4. The van der Waals surface area contributed by atoms with Gasteiger partial charge < -0.3 is 19.9 Å². The van der Waals surface area contributed by atoms with Crippen molar-refractivity contribution >= 4 is 23.2 Å². The van der Waals surface area contributed by atoms with Crippen LogP contribution in [0.1, 0.15) is 40.0 Å². The third kappa shape index (κ3) is 4.59. The Bertz CT molecular complexity index is 854. The van der Waals surface area contributed by atoms with Gasteiger partial charge in [-0.2, -0.15) is 0 Å². The van der Waals surface area contributed by atoms with Crippen LogP contribution >= 0.6 is 0 Å². The molecule has 4 rings (SSSR count). The summed E-state index contributed by atoms with van der Waals surface area (Å²) >= 11 is 0. The van der Waals surface area contributed by atoms with Gasteiger partial charge in [-0.25, -0.2) is 0 Å². The maximum Gasteiger partial charge on any atom is 0.255 e. The van der Waals surface area contributed by atoms with Crippen LogP contribution in [-0.2, 0) is 4.74 Å². The molecule has 0 saturated carbocycles. The Labute approximate surface area is 171 Å². The topological polar surface area (TPSA) is 61.9 Å². The number of nitrogens with zero attached hydrogens (tertiary/aromatic N) is 2. The molecule has 1 N–H and O–H groups in total. The third-order valence-electron chi connectivity index (χ3n) is 5.54. The summed E-state index contributed by atoms with van der Waals surface area (Å²) in [6.45, 7) is 4.63. The summed E-state index contributed by atoms with van der Waals surface area (Å²) in [6, 6.07) is 14.8. The van der Waals surface area contributed by atoms with Gasteiger partial charge in [0.25, 0.3) is 11.8 Å². The van der Waals surface area contributed by atoms with Crippen molar-refractivity contribution in [3.05, 3.63) is 59.7 Å². The molecule has 0 radical (unpaired) electrons. The molecule has 2 aromatic carbocycles. The lowest BCUT2D eigenvalue weighted by Crippen LogP contribution is -2.36. The van der Waals surface area contributed by atoms with Crippen LogP contribution in [0.4, 0.5) is 11.4 Å². The molecule has 2 fully saturated rings. The van der Waals surface area contributed by atoms with E-state index in [4.69, 9.17) is 4.74 Å². The number of hydrogen-bond acceptors (Lipinski definition) is 4. The first-order chi connectivity index (χ1) is 14.2. The number of nitrogens with one attached hydrogen (secondary N) is 1. The summed E-state index contributed by atoms with van der Waals surface area (Å²) in [7, 11) is 0. The number of benzene rings is 2. The van der Waals surface area contributed by atoms with Crippen LogP contribution in [0.3, 0.4) is 0 Å². The van der Waals surface area contributed by atoms with E-state index in [1.807, 2.05) is 29.2 Å². The Morgan fingerprint density at radius 3 is 2.17 bits per heavy atom. The van der Waals surface area contributed by atoms with Crippen LogP contribution in [0.25, 0.3) is 0 Å². The Balaban J connectivity index is 1.44. The molecular weight excluding hydrogens is 366 g/mol. The number of hydrogen-bond donors (Lipinski definition) is 1. The third-order valence-corrected chi connectivity index (χ3v) is 5.54. The second-order valence-electron chi connectivity index (χ2n) is 7.50. The average molecular weight is 393 g/mol. The molecule has 6 nitrogen and oxygen atoms in total. The second kappa shape index (κ2) is 9.09. The number of para-hydroxylation sites is 2. The van der Waals surface area contributed by atoms with Gasteiger partial charge in [0.1, 0.15) is 0 Å². The molecule has 0 bridgehead atoms. The Hall–Kier alpha value is -2.86. The molecular formula is C23H27N3O3. The number of likely N-dealkylation sites (tertiary alicyclic amines) is 1. The van der Waals surface area contributed by atoms with Crippen LogP contribution in [0, 0.1) is 0 Å². The first kappa shape index (κ1) is 19.5. The molecule has 2 amide bonds. The molecule has 2 saturated heterocycles. The minimum atomic E-state index is -0.178. The standard InChI is InChI=1S/C23H27N3O3/c27-22(24-20-6-2-3-7-21(20)25-14-16-29-17-15-25)18-8-10-19(11-9-18)23(28)26-12-4-1-5-13-26/h2-3,6-11H,1,4-5,12-17H2,(H,24,27). The number of morpholine rings is 1. The Morgan fingerprint density at radius 2 is 1.45 bits per heavy atom. The maximum atomic E-state index is 12.8. The molecule has 6 heteroatoms. The van der Waals surface area contributed by atoms with Crippen molar-refractivity contribution in [2.45, 2.75) is 19.3 Å². The summed E-state index contributed by atoms with van der Waals surface area (Å²) in [5.74, 6) is -0.128. The van der Waals surface area contributed by atoms with E-state index in [0.29, 0.717) is 24.3 Å². The fourth-order valence-corrected chi connectivity index (χ4v) is 3.90. The summed E-state index contributed by atoms with van der Waals surface area (Å²) < 4.78 is 5.43. The number of anilines is 2. The van der Waals surface area contributed by atoms with E-state index in [0.717, 1.165) is 50.4 Å². The quantitative estimate of drug-likeness (QED) is 0.865. The molecule has 2 aliphatic heterocycles. The van der Waals surface area contributed by atoms with Crippen molar-refractivity contribution in [2.75, 3.05) is 49.6 Å². The minimum absolute atomic E-state index is 0.0503. The predicted molar refractivity (Wildman–Crippen MR) is 114 cm³/mol. The van der Waals surface area contributed by atoms with E-state index in [1.165, 1.54) is 6.42 Å². The molecule has 2 aliphatic rings. The zero-order valence-electron chi connectivity index (χ0n) is 16.6. The fraction of sp³-hybridized carbons (Fsp3) is 0.391. The Morgan fingerprint density at radius 1 is 0.793 bits per heavy atom. The van der Waals surface area contributed by atoms with Gasteiger partial charge in [-0.1, -0.05) is 12.1 Å². The van der Waals surface area contributed by atoms with Gasteiger partial charge in [0.15, 0.2) is 0 Å². The molecule has 0 spiro atoms. The summed E-state index contributed by atoms with van der Waals surface area (Å²) in [6.07, 6.45) is 3.32. The molecule has 2 aromatic rings. The van der Waals surface area contributed by atoms with Crippen LogP contribution in [0.5, 0.6) is 0 Å². The number of carbonyl (C=O) groups is 2. The van der Waals surface area contributed by atoms with Gasteiger partial charge in [-0.05, 0) is 55.7 Å². The monoisotopic (exact) mass is 393 g/mol. The molecule has 152 valence electrons. The first-order valence-corrected chi connectivity index (χ1v) is 10.3. The summed E-state index contributed by atoms with van der Waals surface area (Å²) in [4.78, 5) is 29.5. The van der Waals surface area contributed by atoms with Crippen molar-refractivity contribution in [3.63, 3.8) is 0 Å². The van der Waals surface area contributed by atoms with Gasteiger partial charge in [0.2, 0.25) is 0 Å². The number of piperidine rings is 1. The van der Waals surface area contributed by atoms with Gasteiger partial charge in [0, 0.05) is 37.3 Å². The molecule has 0 atom stereocenters. The van der Waals surface area contributed by atoms with E-state index in [-0.39, 0.29) is 11.8 Å².